The number of aliphatic hydroxyl groups is 1. The summed E-state index contributed by atoms with van der Waals surface area (Å²) in [5.41, 5.74) is -0.442. The number of epoxide rings is 1. The lowest BCUT2D eigenvalue weighted by molar-refractivity contribution is -0.128. The van der Waals surface area contributed by atoms with Crippen LogP contribution in [0.3, 0.4) is 0 Å². The summed E-state index contributed by atoms with van der Waals surface area (Å²) in [6.45, 7) is 0.535. The third kappa shape index (κ3) is 2.92. The quantitative estimate of drug-likeness (QED) is 0.377. The Bertz CT molecular complexity index is 565. The zero-order valence-electron chi connectivity index (χ0n) is 12.5. The summed E-state index contributed by atoms with van der Waals surface area (Å²) in [4.78, 5) is 11.3. The van der Waals surface area contributed by atoms with Crippen LogP contribution in [0.5, 0.6) is 0 Å². The van der Waals surface area contributed by atoms with E-state index in [4.69, 9.17) is 4.74 Å². The molecule has 1 aliphatic carbocycles. The summed E-state index contributed by atoms with van der Waals surface area (Å²) < 4.78 is 5.51. The minimum absolute atomic E-state index is 0.0533. The van der Waals surface area contributed by atoms with Gasteiger partial charge in [0.05, 0.1) is 6.61 Å². The van der Waals surface area contributed by atoms with Crippen molar-refractivity contribution in [1.29, 1.82) is 0 Å². The second-order valence-electron chi connectivity index (χ2n) is 6.22. The first-order valence-electron chi connectivity index (χ1n) is 7.82. The minimum Gasteiger partial charge on any atom is -0.381 e. The Morgan fingerprint density at radius 3 is 2.77 bits per heavy atom. The summed E-state index contributed by atoms with van der Waals surface area (Å²) in [6.07, 6.45) is 7.76. The molecule has 2 aliphatic rings. The topological polar surface area (TPSA) is 49.8 Å². The van der Waals surface area contributed by atoms with E-state index in [-0.39, 0.29) is 5.78 Å². The summed E-state index contributed by atoms with van der Waals surface area (Å²) in [5.74, 6) is 0.0533. The molecule has 1 spiro atoms. The van der Waals surface area contributed by atoms with Crippen LogP contribution >= 0.6 is 15.9 Å². The Balaban J connectivity index is 1.57. The number of aryl methyl sites for hydroxylation is 1. The molecule has 4 heteroatoms. The fourth-order valence-corrected chi connectivity index (χ4v) is 3.96. The molecule has 0 amide bonds. The number of ether oxygens (including phenoxy) is 1. The van der Waals surface area contributed by atoms with Gasteiger partial charge >= 0.3 is 0 Å². The van der Waals surface area contributed by atoms with E-state index in [1.807, 2.05) is 24.3 Å². The fraction of sp³-hybridized carbons (Fsp3) is 0.500. The molecule has 1 saturated heterocycles. The summed E-state index contributed by atoms with van der Waals surface area (Å²) in [5, 5.41) is 10.9. The molecule has 1 heterocycles. The number of unbranched alkanes of at least 4 members (excludes halogenated alkanes) is 1. The second kappa shape index (κ2) is 6.26. The van der Waals surface area contributed by atoms with Gasteiger partial charge in [0.15, 0.2) is 0 Å². The van der Waals surface area contributed by atoms with Crippen molar-refractivity contribution >= 4 is 21.7 Å². The Hall–Kier alpha value is -0.970. The van der Waals surface area contributed by atoms with Crippen LogP contribution in [0.25, 0.3) is 0 Å². The molecule has 22 heavy (non-hydrogen) atoms. The number of rotatable bonds is 5. The minimum atomic E-state index is -1.21. The van der Waals surface area contributed by atoms with Gasteiger partial charge in [-0.3, -0.25) is 4.79 Å². The molecule has 2 fully saturated rings. The maximum absolute atomic E-state index is 11.9. The Morgan fingerprint density at radius 2 is 2.09 bits per heavy atom. The number of halogens is 1. The first-order valence-corrected chi connectivity index (χ1v) is 8.74. The van der Waals surface area contributed by atoms with E-state index < -0.39 is 16.0 Å². The van der Waals surface area contributed by atoms with Gasteiger partial charge in [-0.2, -0.15) is 0 Å². The van der Waals surface area contributed by atoms with Crippen LogP contribution in [-0.2, 0) is 16.0 Å². The molecule has 1 N–H and O–H groups in total. The van der Waals surface area contributed by atoms with Gasteiger partial charge in [0.1, 0.15) is 21.8 Å². The number of allylic oxidation sites excluding steroid dienone is 1. The van der Waals surface area contributed by atoms with Crippen LogP contribution in [0.4, 0.5) is 0 Å². The van der Waals surface area contributed by atoms with E-state index in [0.29, 0.717) is 19.4 Å². The predicted molar refractivity (Wildman–Crippen MR) is 89.1 cm³/mol. The molecule has 1 saturated carbocycles. The number of Topliss-reactive ketones (excluding diaryl/α,β-unsaturated/α-hetero) is 1. The molecule has 3 rings (SSSR count). The zero-order valence-corrected chi connectivity index (χ0v) is 14.1. The highest BCUT2D eigenvalue weighted by Crippen LogP contribution is 2.50. The Kier molecular flexibility index (Phi) is 4.53. The van der Waals surface area contributed by atoms with Gasteiger partial charge in [0.25, 0.3) is 0 Å². The number of alkyl halides is 1. The maximum Gasteiger partial charge on any atom is 0.149 e. The molecule has 1 aromatic carbocycles. The van der Waals surface area contributed by atoms with Crippen LogP contribution in [0.15, 0.2) is 42.5 Å². The number of hydrogen-bond donors (Lipinski definition) is 1. The Morgan fingerprint density at radius 1 is 1.36 bits per heavy atom. The van der Waals surface area contributed by atoms with Gasteiger partial charge in [-0.25, -0.2) is 0 Å². The van der Waals surface area contributed by atoms with Crippen LogP contribution in [0.1, 0.15) is 31.2 Å². The highest BCUT2D eigenvalue weighted by molar-refractivity contribution is 9.10. The van der Waals surface area contributed by atoms with Crippen molar-refractivity contribution in [3.05, 3.63) is 48.0 Å². The van der Waals surface area contributed by atoms with Crippen molar-refractivity contribution in [3.63, 3.8) is 0 Å². The largest absolute Gasteiger partial charge is 0.381 e. The first kappa shape index (κ1) is 15.9. The van der Waals surface area contributed by atoms with Gasteiger partial charge in [-0.15, -0.1) is 0 Å². The molecule has 3 atom stereocenters. The number of benzene rings is 1. The highest BCUT2D eigenvalue weighted by atomic mass is 79.9. The van der Waals surface area contributed by atoms with Crippen molar-refractivity contribution in [2.24, 2.45) is 0 Å². The SMILES string of the molecule is O=C1CCC2(CO2)C(O)(/C=C/CCCc2ccccc2)C1Br. The van der Waals surface area contributed by atoms with E-state index >= 15 is 0 Å². The fourth-order valence-electron chi connectivity index (χ4n) is 3.16. The highest BCUT2D eigenvalue weighted by Gasteiger charge is 2.66. The van der Waals surface area contributed by atoms with Gasteiger partial charge < -0.3 is 9.84 Å². The van der Waals surface area contributed by atoms with Gasteiger partial charge in [-0.05, 0) is 31.2 Å². The van der Waals surface area contributed by atoms with E-state index in [2.05, 4.69) is 28.1 Å². The summed E-state index contributed by atoms with van der Waals surface area (Å²) in [6, 6.07) is 10.4. The summed E-state index contributed by atoms with van der Waals surface area (Å²) in [7, 11) is 0. The Labute approximate surface area is 139 Å². The van der Waals surface area contributed by atoms with Crippen LogP contribution < -0.4 is 0 Å². The van der Waals surface area contributed by atoms with Crippen molar-refractivity contribution in [3.8, 4) is 0 Å². The van der Waals surface area contributed by atoms with Gasteiger partial charge in [0.2, 0.25) is 0 Å². The van der Waals surface area contributed by atoms with Gasteiger partial charge in [-0.1, -0.05) is 58.4 Å². The average molecular weight is 365 g/mol. The van der Waals surface area contributed by atoms with Crippen LogP contribution in [0.2, 0.25) is 0 Å². The number of carbonyl (C=O) groups is 1. The molecule has 1 aliphatic heterocycles. The van der Waals surface area contributed by atoms with E-state index in [1.54, 1.807) is 6.08 Å². The van der Waals surface area contributed by atoms with Crippen molar-refractivity contribution in [2.45, 2.75) is 48.1 Å². The molecule has 0 radical (unpaired) electrons. The number of carbonyl (C=O) groups excluding carboxylic acids is 1. The van der Waals surface area contributed by atoms with E-state index in [9.17, 15) is 9.90 Å². The van der Waals surface area contributed by atoms with Crippen molar-refractivity contribution in [2.75, 3.05) is 6.61 Å². The lowest BCUT2D eigenvalue weighted by Gasteiger charge is -2.39. The van der Waals surface area contributed by atoms with Crippen molar-refractivity contribution in [1.82, 2.24) is 0 Å². The van der Waals surface area contributed by atoms with Gasteiger partial charge in [0, 0.05) is 6.42 Å². The molecule has 118 valence electrons. The lowest BCUT2D eigenvalue weighted by atomic mass is 9.74. The third-order valence-corrected chi connectivity index (χ3v) is 5.93. The van der Waals surface area contributed by atoms with E-state index in [1.165, 1.54) is 5.56 Å². The smallest absolute Gasteiger partial charge is 0.149 e. The average Bonchev–Trinajstić information content (AvgIpc) is 3.32. The number of hydrogen-bond acceptors (Lipinski definition) is 3. The predicted octanol–water partition coefficient (Wildman–Crippen LogP) is 3.19. The van der Waals surface area contributed by atoms with Crippen molar-refractivity contribution < 1.29 is 14.6 Å². The zero-order chi connectivity index (χ0) is 15.6. The normalized spacial score (nSPS) is 34.5. The second-order valence-corrected chi connectivity index (χ2v) is 7.13. The monoisotopic (exact) mass is 364 g/mol. The molecule has 0 bridgehead atoms. The molecule has 0 aromatic heterocycles. The number of ketones is 1. The standard InChI is InChI=1S/C18H21BrO3/c19-16-15(20)10-12-17(13-22-17)18(16,21)11-6-2-5-9-14-7-3-1-4-8-14/h1,3-4,6-8,11,16,21H,2,5,9-10,12-13H2/b11-6+. The van der Waals surface area contributed by atoms with Crippen LogP contribution in [0, 0.1) is 0 Å². The lowest BCUT2D eigenvalue weighted by Crippen LogP contribution is -2.57. The third-order valence-electron chi connectivity index (χ3n) is 4.72. The van der Waals surface area contributed by atoms with E-state index in [0.717, 1.165) is 19.3 Å². The maximum atomic E-state index is 11.9. The molecule has 3 unspecified atom stereocenters. The molecular weight excluding hydrogens is 344 g/mol. The summed E-state index contributed by atoms with van der Waals surface area (Å²) >= 11 is 3.37. The first-order chi connectivity index (χ1) is 10.6. The molecule has 3 nitrogen and oxygen atoms in total. The molecule has 1 aromatic rings. The molecular formula is C18H21BrO3. The van der Waals surface area contributed by atoms with Crippen LogP contribution in [-0.4, -0.2) is 33.5 Å².